The van der Waals surface area contributed by atoms with E-state index in [0.29, 0.717) is 12.1 Å². The van der Waals surface area contributed by atoms with Crippen LogP contribution in [0, 0.1) is 0 Å². The van der Waals surface area contributed by atoms with Gasteiger partial charge in [0.25, 0.3) is 0 Å². The molecule has 23 heavy (non-hydrogen) atoms. The summed E-state index contributed by atoms with van der Waals surface area (Å²) < 4.78 is 88.2. The van der Waals surface area contributed by atoms with Gasteiger partial charge in [-0.05, 0) is 38.1 Å². The van der Waals surface area contributed by atoms with Crippen molar-refractivity contribution in [1.29, 1.82) is 0 Å². The molecule has 0 bridgehead atoms. The van der Waals surface area contributed by atoms with E-state index < -0.39 is 37.3 Å². The third-order valence-electron chi connectivity index (χ3n) is 2.66. The van der Waals surface area contributed by atoms with Crippen molar-refractivity contribution in [3.8, 4) is 0 Å². The molecule has 1 aromatic carbocycles. The number of halogens is 3. The monoisotopic (exact) mass is 374 g/mol. The van der Waals surface area contributed by atoms with Crippen LogP contribution in [0.4, 0.5) is 13.2 Å². The van der Waals surface area contributed by atoms with Gasteiger partial charge in [-0.3, -0.25) is 0 Å². The molecule has 0 aliphatic heterocycles. The maximum atomic E-state index is 12.4. The standard InChI is InChI=1S/C12H17F3N2O4S2/c1-11(2,17-22(3,18)19)8-16-23(20,21)10-6-4-9(5-7-10)12(13,14)15/h4-7,16-17H,8H2,1-3H3. The van der Waals surface area contributed by atoms with Gasteiger partial charge in [0, 0.05) is 12.1 Å². The van der Waals surface area contributed by atoms with Crippen LogP contribution >= 0.6 is 0 Å². The maximum absolute atomic E-state index is 12.4. The molecule has 0 saturated heterocycles. The van der Waals surface area contributed by atoms with Crippen molar-refractivity contribution in [2.24, 2.45) is 0 Å². The summed E-state index contributed by atoms with van der Waals surface area (Å²) in [5, 5.41) is 0. The summed E-state index contributed by atoms with van der Waals surface area (Å²) in [4.78, 5) is -0.347. The first kappa shape index (κ1) is 19.9. The zero-order valence-electron chi connectivity index (χ0n) is 12.6. The number of alkyl halides is 3. The highest BCUT2D eigenvalue weighted by Crippen LogP contribution is 2.29. The number of nitrogens with one attached hydrogen (secondary N) is 2. The van der Waals surface area contributed by atoms with Crippen molar-refractivity contribution in [1.82, 2.24) is 9.44 Å². The zero-order valence-corrected chi connectivity index (χ0v) is 14.2. The molecule has 0 aromatic heterocycles. The second-order valence-corrected chi connectivity index (χ2v) is 9.12. The van der Waals surface area contributed by atoms with Crippen LogP contribution in [-0.2, 0) is 26.2 Å². The topological polar surface area (TPSA) is 92.3 Å². The molecule has 0 aliphatic rings. The van der Waals surface area contributed by atoms with Crippen LogP contribution in [-0.4, -0.2) is 35.2 Å². The van der Waals surface area contributed by atoms with Crippen LogP contribution in [0.3, 0.4) is 0 Å². The lowest BCUT2D eigenvalue weighted by Gasteiger charge is -2.25. The van der Waals surface area contributed by atoms with Crippen molar-refractivity contribution in [2.75, 3.05) is 12.8 Å². The van der Waals surface area contributed by atoms with Gasteiger partial charge >= 0.3 is 6.18 Å². The van der Waals surface area contributed by atoms with E-state index in [-0.39, 0.29) is 11.4 Å². The fourth-order valence-corrected chi connectivity index (χ4v) is 4.01. The molecule has 0 atom stereocenters. The van der Waals surface area contributed by atoms with Crippen molar-refractivity contribution in [3.63, 3.8) is 0 Å². The summed E-state index contributed by atoms with van der Waals surface area (Å²) in [6.45, 7) is 2.65. The van der Waals surface area contributed by atoms with E-state index in [1.54, 1.807) is 0 Å². The van der Waals surface area contributed by atoms with Gasteiger partial charge < -0.3 is 0 Å². The van der Waals surface area contributed by atoms with Gasteiger partial charge in [-0.25, -0.2) is 26.3 Å². The minimum Gasteiger partial charge on any atom is -0.213 e. The van der Waals surface area contributed by atoms with Crippen LogP contribution in [0.2, 0.25) is 0 Å². The lowest BCUT2D eigenvalue weighted by molar-refractivity contribution is -0.137. The first-order valence-electron chi connectivity index (χ1n) is 6.28. The van der Waals surface area contributed by atoms with Gasteiger partial charge in [0.1, 0.15) is 0 Å². The predicted molar refractivity (Wildman–Crippen MR) is 78.7 cm³/mol. The van der Waals surface area contributed by atoms with Crippen molar-refractivity contribution in [2.45, 2.75) is 30.5 Å². The minimum atomic E-state index is -4.56. The Balaban J connectivity index is 2.88. The molecule has 0 amide bonds. The van der Waals surface area contributed by atoms with Crippen LogP contribution in [0.5, 0.6) is 0 Å². The molecule has 132 valence electrons. The van der Waals surface area contributed by atoms with Gasteiger partial charge in [0.05, 0.1) is 16.7 Å². The summed E-state index contributed by atoms with van der Waals surface area (Å²) in [6.07, 6.45) is -3.63. The van der Waals surface area contributed by atoms with E-state index in [0.717, 1.165) is 18.4 Å². The van der Waals surface area contributed by atoms with Crippen molar-refractivity contribution >= 4 is 20.0 Å². The molecule has 0 heterocycles. The zero-order chi connectivity index (χ0) is 18.1. The number of hydrogen-bond donors (Lipinski definition) is 2. The first-order valence-corrected chi connectivity index (χ1v) is 9.66. The maximum Gasteiger partial charge on any atom is 0.416 e. The summed E-state index contributed by atoms with van der Waals surface area (Å²) in [7, 11) is -7.61. The highest BCUT2D eigenvalue weighted by molar-refractivity contribution is 7.89. The fourth-order valence-electron chi connectivity index (χ4n) is 1.72. The van der Waals surface area contributed by atoms with Crippen molar-refractivity contribution in [3.05, 3.63) is 29.8 Å². The van der Waals surface area contributed by atoms with Gasteiger partial charge in [0.15, 0.2) is 0 Å². The molecule has 0 radical (unpaired) electrons. The number of hydrogen-bond acceptors (Lipinski definition) is 4. The number of benzene rings is 1. The lowest BCUT2D eigenvalue weighted by Crippen LogP contribution is -2.50. The third kappa shape index (κ3) is 6.45. The lowest BCUT2D eigenvalue weighted by atomic mass is 10.1. The Kier molecular flexibility index (Phi) is 5.51. The summed E-state index contributed by atoms with van der Waals surface area (Å²) in [5.41, 5.74) is -2.07. The fraction of sp³-hybridized carbons (Fsp3) is 0.500. The largest absolute Gasteiger partial charge is 0.416 e. The van der Waals surface area contributed by atoms with Gasteiger partial charge in [0.2, 0.25) is 20.0 Å². The van der Waals surface area contributed by atoms with E-state index in [9.17, 15) is 30.0 Å². The average Bonchev–Trinajstić information content (AvgIpc) is 2.33. The molecule has 0 aliphatic carbocycles. The first-order chi connectivity index (χ1) is 10.1. The molecule has 11 heteroatoms. The second-order valence-electron chi connectivity index (χ2n) is 5.60. The highest BCUT2D eigenvalue weighted by Gasteiger charge is 2.31. The van der Waals surface area contributed by atoms with E-state index >= 15 is 0 Å². The smallest absolute Gasteiger partial charge is 0.213 e. The third-order valence-corrected chi connectivity index (χ3v) is 5.00. The van der Waals surface area contributed by atoms with Crippen LogP contribution in [0.15, 0.2) is 29.2 Å². The van der Waals surface area contributed by atoms with E-state index in [2.05, 4.69) is 9.44 Å². The number of rotatable bonds is 6. The minimum absolute atomic E-state index is 0.274. The van der Waals surface area contributed by atoms with E-state index in [4.69, 9.17) is 0 Å². The Morgan fingerprint density at radius 1 is 1.00 bits per heavy atom. The molecule has 2 N–H and O–H groups in total. The quantitative estimate of drug-likeness (QED) is 0.785. The predicted octanol–water partition coefficient (Wildman–Crippen LogP) is 1.31. The van der Waals surface area contributed by atoms with Crippen molar-refractivity contribution < 1.29 is 30.0 Å². The molecule has 0 spiro atoms. The Morgan fingerprint density at radius 3 is 1.87 bits per heavy atom. The van der Waals surface area contributed by atoms with Gasteiger partial charge in [-0.15, -0.1) is 0 Å². The molecular weight excluding hydrogens is 357 g/mol. The molecule has 1 rings (SSSR count). The summed E-state index contributed by atoms with van der Waals surface area (Å²) in [6, 6.07) is 2.99. The normalized spacial score (nSPS) is 14.0. The Morgan fingerprint density at radius 2 is 1.48 bits per heavy atom. The van der Waals surface area contributed by atoms with Gasteiger partial charge in [-0.2, -0.15) is 13.2 Å². The Hall–Kier alpha value is -1.17. The molecular formula is C12H17F3N2O4S2. The summed E-state index contributed by atoms with van der Waals surface area (Å²) in [5.74, 6) is 0. The highest BCUT2D eigenvalue weighted by atomic mass is 32.2. The molecule has 0 saturated carbocycles. The van der Waals surface area contributed by atoms with Gasteiger partial charge in [-0.1, -0.05) is 0 Å². The molecule has 0 unspecified atom stereocenters. The van der Waals surface area contributed by atoms with Crippen LogP contribution in [0.25, 0.3) is 0 Å². The molecule has 6 nitrogen and oxygen atoms in total. The second kappa shape index (κ2) is 6.38. The van der Waals surface area contributed by atoms with E-state index in [1.165, 1.54) is 13.8 Å². The summed E-state index contributed by atoms with van der Waals surface area (Å²) >= 11 is 0. The van der Waals surface area contributed by atoms with E-state index in [1.807, 2.05) is 0 Å². The van der Waals surface area contributed by atoms with Crippen LogP contribution in [0.1, 0.15) is 19.4 Å². The number of sulfonamides is 2. The SMILES string of the molecule is CC(C)(CNS(=O)(=O)c1ccc(C(F)(F)F)cc1)NS(C)(=O)=O. The molecule has 1 aromatic rings. The molecule has 0 fully saturated rings. The average molecular weight is 374 g/mol. The Bertz CT molecular complexity index is 754. The Labute approximate surface area is 133 Å². The van der Waals surface area contributed by atoms with Crippen LogP contribution < -0.4 is 9.44 Å².